The van der Waals surface area contributed by atoms with Gasteiger partial charge >= 0.3 is 0 Å². The summed E-state index contributed by atoms with van der Waals surface area (Å²) in [5.41, 5.74) is 0.904. The number of anilines is 2. The Hall–Kier alpha value is -2.85. The number of piperazine rings is 1. The molecule has 2 aliphatic heterocycles. The second kappa shape index (κ2) is 9.96. The first kappa shape index (κ1) is 22.0. The van der Waals surface area contributed by atoms with Crippen LogP contribution in [-0.2, 0) is 4.79 Å². The summed E-state index contributed by atoms with van der Waals surface area (Å²) in [4.78, 5) is 27.8. The number of carbonyl (C=O) groups is 1. The summed E-state index contributed by atoms with van der Waals surface area (Å²) in [7, 11) is 0. The van der Waals surface area contributed by atoms with Crippen LogP contribution in [0, 0.1) is 0 Å². The van der Waals surface area contributed by atoms with Gasteiger partial charge in [-0.2, -0.15) is 0 Å². The van der Waals surface area contributed by atoms with Gasteiger partial charge in [0.25, 0.3) is 0 Å². The van der Waals surface area contributed by atoms with Gasteiger partial charge in [-0.25, -0.2) is 9.97 Å². The molecule has 1 aromatic carbocycles. The number of hydrogen-bond acceptors (Lipinski definition) is 8. The Balaban J connectivity index is 1.26. The number of nitrogens with zero attached hydrogens (tertiary/aromatic N) is 8. The molecule has 33 heavy (non-hydrogen) atoms. The second-order valence-corrected chi connectivity index (χ2v) is 9.38. The van der Waals surface area contributed by atoms with E-state index < -0.39 is 0 Å². The first-order chi connectivity index (χ1) is 16.2. The van der Waals surface area contributed by atoms with E-state index in [4.69, 9.17) is 11.6 Å². The normalized spacial score (nSPS) is 16.5. The Morgan fingerprint density at radius 2 is 1.70 bits per heavy atom. The highest BCUT2D eigenvalue weighted by atomic mass is 35.5. The topological polar surface area (TPSA) is 83.3 Å². The Morgan fingerprint density at radius 3 is 2.42 bits per heavy atom. The molecule has 0 spiro atoms. The molecule has 0 bridgehead atoms. The van der Waals surface area contributed by atoms with Crippen molar-refractivity contribution in [3.63, 3.8) is 0 Å². The van der Waals surface area contributed by atoms with E-state index in [9.17, 15) is 4.79 Å². The molecule has 0 atom stereocenters. The van der Waals surface area contributed by atoms with Crippen molar-refractivity contribution >= 4 is 41.2 Å². The molecule has 2 aliphatic rings. The molecule has 0 radical (unpaired) electrons. The van der Waals surface area contributed by atoms with Crippen molar-refractivity contribution in [2.24, 2.45) is 0 Å². The van der Waals surface area contributed by atoms with Gasteiger partial charge in [0.15, 0.2) is 5.16 Å². The van der Waals surface area contributed by atoms with E-state index in [2.05, 4.69) is 30.0 Å². The summed E-state index contributed by atoms with van der Waals surface area (Å²) in [6.45, 7) is 4.65. The van der Waals surface area contributed by atoms with Gasteiger partial charge in [-0.1, -0.05) is 29.4 Å². The number of aromatic nitrogens is 5. The van der Waals surface area contributed by atoms with Crippen LogP contribution in [0.3, 0.4) is 0 Å². The molecular formula is C22H25ClN8OS. The second-order valence-electron chi connectivity index (χ2n) is 8.00. The number of rotatable bonds is 6. The van der Waals surface area contributed by atoms with Crippen molar-refractivity contribution < 1.29 is 4.79 Å². The van der Waals surface area contributed by atoms with Crippen LogP contribution in [-0.4, -0.2) is 80.6 Å². The number of thioether (sulfide) groups is 1. The summed E-state index contributed by atoms with van der Waals surface area (Å²) in [5, 5.41) is 10.3. The zero-order chi connectivity index (χ0) is 22.6. The third-order valence-corrected chi connectivity index (χ3v) is 7.01. The van der Waals surface area contributed by atoms with Gasteiger partial charge in [-0.05, 0) is 37.1 Å². The summed E-state index contributed by atoms with van der Waals surface area (Å²) >= 11 is 7.68. The van der Waals surface area contributed by atoms with E-state index in [1.54, 1.807) is 18.5 Å². The molecule has 0 aliphatic carbocycles. The van der Waals surface area contributed by atoms with Gasteiger partial charge in [0.1, 0.15) is 0 Å². The maximum absolute atomic E-state index is 12.9. The molecule has 5 rings (SSSR count). The number of benzene rings is 1. The van der Waals surface area contributed by atoms with E-state index in [0.717, 1.165) is 50.7 Å². The maximum Gasteiger partial charge on any atom is 0.233 e. The zero-order valence-electron chi connectivity index (χ0n) is 18.2. The minimum absolute atomic E-state index is 0.0944. The van der Waals surface area contributed by atoms with Crippen LogP contribution in [0.15, 0.2) is 47.9 Å². The fourth-order valence-electron chi connectivity index (χ4n) is 4.15. The van der Waals surface area contributed by atoms with Crippen molar-refractivity contribution in [2.75, 3.05) is 54.8 Å². The lowest BCUT2D eigenvalue weighted by Gasteiger charge is -2.34. The largest absolute Gasteiger partial charge is 0.341 e. The van der Waals surface area contributed by atoms with Gasteiger partial charge in [0.05, 0.1) is 11.4 Å². The monoisotopic (exact) mass is 484 g/mol. The summed E-state index contributed by atoms with van der Waals surface area (Å²) in [5.74, 6) is 1.92. The molecule has 2 saturated heterocycles. The molecule has 3 aromatic rings. The first-order valence-electron chi connectivity index (χ1n) is 11.1. The lowest BCUT2D eigenvalue weighted by Crippen LogP contribution is -2.49. The van der Waals surface area contributed by atoms with Crippen LogP contribution in [0.5, 0.6) is 0 Å². The number of halogens is 1. The molecule has 2 fully saturated rings. The summed E-state index contributed by atoms with van der Waals surface area (Å²) in [6.07, 6.45) is 5.76. The number of amides is 1. The third-order valence-electron chi connectivity index (χ3n) is 5.86. The molecular weight excluding hydrogens is 460 g/mol. The Labute approximate surface area is 201 Å². The van der Waals surface area contributed by atoms with Gasteiger partial charge in [0.2, 0.25) is 17.8 Å². The van der Waals surface area contributed by atoms with E-state index in [1.165, 1.54) is 11.8 Å². The van der Waals surface area contributed by atoms with Crippen molar-refractivity contribution in [2.45, 2.75) is 18.0 Å². The van der Waals surface area contributed by atoms with Crippen LogP contribution in [0.1, 0.15) is 12.8 Å². The lowest BCUT2D eigenvalue weighted by molar-refractivity contribution is -0.128. The Morgan fingerprint density at radius 1 is 0.939 bits per heavy atom. The number of hydrogen-bond donors (Lipinski definition) is 0. The average molecular weight is 485 g/mol. The van der Waals surface area contributed by atoms with Crippen molar-refractivity contribution in [3.8, 4) is 5.69 Å². The van der Waals surface area contributed by atoms with Crippen LogP contribution < -0.4 is 9.80 Å². The predicted molar refractivity (Wildman–Crippen MR) is 129 cm³/mol. The quantitative estimate of drug-likeness (QED) is 0.494. The van der Waals surface area contributed by atoms with Gasteiger partial charge in [-0.15, -0.1) is 10.2 Å². The van der Waals surface area contributed by atoms with E-state index in [0.29, 0.717) is 35.0 Å². The Bertz CT molecular complexity index is 1100. The minimum atomic E-state index is 0.0944. The molecule has 0 N–H and O–H groups in total. The van der Waals surface area contributed by atoms with E-state index >= 15 is 0 Å². The SMILES string of the molecule is O=C(CSc1nnc(N2CCCC2)n1-c1cccc(Cl)c1)N1CCN(c2ncccn2)CC1. The van der Waals surface area contributed by atoms with Gasteiger partial charge in [0, 0.05) is 56.7 Å². The van der Waals surface area contributed by atoms with Crippen molar-refractivity contribution in [1.29, 1.82) is 0 Å². The molecule has 1 amide bonds. The standard InChI is InChI=1S/C22H25ClN8OS/c23-17-5-3-6-18(15-17)31-21(30-9-1-2-10-30)26-27-22(31)33-16-19(32)28-11-13-29(14-12-28)20-24-7-4-8-25-20/h3-8,15H,1-2,9-14,16H2. The minimum Gasteiger partial charge on any atom is -0.341 e. The molecule has 172 valence electrons. The van der Waals surface area contributed by atoms with Gasteiger partial charge < -0.3 is 14.7 Å². The number of carbonyl (C=O) groups excluding carboxylic acids is 1. The van der Waals surface area contributed by atoms with Crippen LogP contribution in [0.25, 0.3) is 5.69 Å². The molecule has 9 nitrogen and oxygen atoms in total. The van der Waals surface area contributed by atoms with Crippen LogP contribution in [0.4, 0.5) is 11.9 Å². The molecule has 11 heteroatoms. The van der Waals surface area contributed by atoms with Gasteiger partial charge in [-0.3, -0.25) is 9.36 Å². The fraction of sp³-hybridized carbons (Fsp3) is 0.409. The fourth-order valence-corrected chi connectivity index (χ4v) is 5.18. The molecule has 2 aromatic heterocycles. The Kier molecular flexibility index (Phi) is 6.63. The zero-order valence-corrected chi connectivity index (χ0v) is 19.8. The molecule has 0 saturated carbocycles. The summed E-state index contributed by atoms with van der Waals surface area (Å²) < 4.78 is 2.01. The van der Waals surface area contributed by atoms with Crippen LogP contribution >= 0.6 is 23.4 Å². The smallest absolute Gasteiger partial charge is 0.233 e. The summed E-state index contributed by atoms with van der Waals surface area (Å²) in [6, 6.07) is 9.47. The van der Waals surface area contributed by atoms with E-state index in [1.807, 2.05) is 33.7 Å². The predicted octanol–water partition coefficient (Wildman–Crippen LogP) is 2.75. The molecule has 4 heterocycles. The highest BCUT2D eigenvalue weighted by molar-refractivity contribution is 7.99. The lowest BCUT2D eigenvalue weighted by atomic mass is 10.3. The average Bonchev–Trinajstić information content (AvgIpc) is 3.53. The third kappa shape index (κ3) is 4.91. The van der Waals surface area contributed by atoms with Crippen molar-refractivity contribution in [3.05, 3.63) is 47.7 Å². The van der Waals surface area contributed by atoms with E-state index in [-0.39, 0.29) is 5.91 Å². The highest BCUT2D eigenvalue weighted by Crippen LogP contribution is 2.29. The van der Waals surface area contributed by atoms with Crippen molar-refractivity contribution in [1.82, 2.24) is 29.6 Å². The molecule has 0 unspecified atom stereocenters. The first-order valence-corrected chi connectivity index (χ1v) is 12.4. The highest BCUT2D eigenvalue weighted by Gasteiger charge is 2.25. The maximum atomic E-state index is 12.9. The van der Waals surface area contributed by atoms with Crippen LogP contribution in [0.2, 0.25) is 5.02 Å².